The number of unbranched alkanes of at least 4 members (excludes halogenated alkanes) is 3. The Morgan fingerprint density at radius 2 is 1.64 bits per heavy atom. The van der Waals surface area contributed by atoms with Crippen LogP contribution in [0.4, 0.5) is 0 Å². The first-order chi connectivity index (χ1) is 6.93. The average Bonchev–Trinajstić information content (AvgIpc) is 2.46. The molecule has 1 aliphatic carbocycles. The lowest BCUT2D eigenvalue weighted by Gasteiger charge is -2.13. The van der Waals surface area contributed by atoms with Gasteiger partial charge in [0, 0.05) is 0 Å². The Balaban J connectivity index is 1.93. The zero-order valence-electron chi connectivity index (χ0n) is 9.86. The normalized spacial score (nSPS) is 20.4. The molecule has 0 aromatic carbocycles. The average molecular weight is 214 g/mol. The maximum Gasteiger partial charge on any atom is -0.0237 e. The lowest BCUT2D eigenvalue weighted by Crippen LogP contribution is -1.99. The Kier molecular flexibility index (Phi) is 7.78. The van der Waals surface area contributed by atoms with E-state index in [2.05, 4.69) is 6.92 Å². The fourth-order valence-corrected chi connectivity index (χ4v) is 4.02. The molecule has 0 radical (unpaired) electrons. The van der Waals surface area contributed by atoms with Crippen LogP contribution in [0.5, 0.6) is 0 Å². The van der Waals surface area contributed by atoms with Crippen molar-refractivity contribution in [3.8, 4) is 0 Å². The minimum absolute atomic E-state index is 1.12. The van der Waals surface area contributed by atoms with Crippen LogP contribution in [-0.2, 0) is 0 Å². The first kappa shape index (κ1) is 12.5. The van der Waals surface area contributed by atoms with Crippen LogP contribution in [0.15, 0.2) is 0 Å². The van der Waals surface area contributed by atoms with Crippen molar-refractivity contribution in [3.05, 3.63) is 0 Å². The molecule has 1 unspecified atom stereocenters. The van der Waals surface area contributed by atoms with Crippen molar-refractivity contribution in [3.63, 3.8) is 0 Å². The SMILES string of the molecule is CCCCCCPC1CCCCCC1. The molecule has 0 aromatic rings. The van der Waals surface area contributed by atoms with Gasteiger partial charge < -0.3 is 0 Å². The quantitative estimate of drug-likeness (QED) is 0.333. The molecular weight excluding hydrogens is 187 g/mol. The molecule has 1 heteroatoms. The van der Waals surface area contributed by atoms with Gasteiger partial charge in [-0.2, -0.15) is 0 Å². The van der Waals surface area contributed by atoms with Crippen LogP contribution in [0.1, 0.15) is 71.1 Å². The van der Waals surface area contributed by atoms with Crippen LogP contribution in [0, 0.1) is 0 Å². The minimum atomic E-state index is 1.12. The molecule has 0 nitrogen and oxygen atoms in total. The zero-order chi connectivity index (χ0) is 10.1. The summed E-state index contributed by atoms with van der Waals surface area (Å²) < 4.78 is 0. The summed E-state index contributed by atoms with van der Waals surface area (Å²) in [4.78, 5) is 0. The molecule has 1 rings (SSSR count). The van der Waals surface area contributed by atoms with E-state index < -0.39 is 0 Å². The highest BCUT2D eigenvalue weighted by Gasteiger charge is 2.10. The van der Waals surface area contributed by atoms with E-state index in [9.17, 15) is 0 Å². The van der Waals surface area contributed by atoms with Gasteiger partial charge in [-0.25, -0.2) is 0 Å². The summed E-state index contributed by atoms with van der Waals surface area (Å²) in [6.07, 6.45) is 16.5. The van der Waals surface area contributed by atoms with E-state index in [4.69, 9.17) is 0 Å². The molecule has 1 atom stereocenters. The van der Waals surface area contributed by atoms with Gasteiger partial charge in [0.05, 0.1) is 0 Å². The number of rotatable bonds is 6. The van der Waals surface area contributed by atoms with E-state index in [1.54, 1.807) is 12.8 Å². The van der Waals surface area contributed by atoms with E-state index in [0.717, 1.165) is 5.66 Å². The maximum absolute atomic E-state index is 2.30. The summed E-state index contributed by atoms with van der Waals surface area (Å²) in [5, 5.41) is 0. The second kappa shape index (κ2) is 8.72. The van der Waals surface area contributed by atoms with Crippen LogP contribution in [0.2, 0.25) is 0 Å². The van der Waals surface area contributed by atoms with E-state index in [-0.39, 0.29) is 0 Å². The Bertz CT molecular complexity index is 114. The Labute approximate surface area is 92.0 Å². The third-order valence-electron chi connectivity index (χ3n) is 3.32. The monoisotopic (exact) mass is 214 g/mol. The van der Waals surface area contributed by atoms with Crippen molar-refractivity contribution >= 4 is 8.58 Å². The molecule has 0 heterocycles. The Hall–Kier alpha value is 0.430. The summed E-state index contributed by atoms with van der Waals surface area (Å²) in [6, 6.07) is 0. The molecule has 0 aliphatic heterocycles. The highest BCUT2D eigenvalue weighted by atomic mass is 31.1. The van der Waals surface area contributed by atoms with Gasteiger partial charge in [0.1, 0.15) is 0 Å². The van der Waals surface area contributed by atoms with Crippen molar-refractivity contribution in [2.24, 2.45) is 0 Å². The van der Waals surface area contributed by atoms with Gasteiger partial charge in [0.25, 0.3) is 0 Å². The molecule has 0 N–H and O–H groups in total. The fraction of sp³-hybridized carbons (Fsp3) is 1.00. The molecule has 0 saturated heterocycles. The van der Waals surface area contributed by atoms with Gasteiger partial charge in [0.15, 0.2) is 0 Å². The summed E-state index contributed by atoms with van der Waals surface area (Å²) in [5.41, 5.74) is 1.12. The Morgan fingerprint density at radius 1 is 0.929 bits per heavy atom. The minimum Gasteiger partial charge on any atom is -0.119 e. The van der Waals surface area contributed by atoms with E-state index in [1.807, 2.05) is 0 Å². The molecule has 0 bridgehead atoms. The molecule has 1 aliphatic rings. The second-order valence-electron chi connectivity index (χ2n) is 4.70. The third-order valence-corrected chi connectivity index (χ3v) is 5.12. The summed E-state index contributed by atoms with van der Waals surface area (Å²) in [7, 11) is 1.29. The molecule has 1 saturated carbocycles. The first-order valence-corrected chi connectivity index (χ1v) is 7.95. The van der Waals surface area contributed by atoms with Gasteiger partial charge in [0.2, 0.25) is 0 Å². The van der Waals surface area contributed by atoms with Crippen molar-refractivity contribution in [2.45, 2.75) is 76.8 Å². The predicted molar refractivity (Wildman–Crippen MR) is 68.8 cm³/mol. The smallest absolute Gasteiger partial charge is 0.0237 e. The van der Waals surface area contributed by atoms with E-state index in [1.165, 1.54) is 66.1 Å². The highest BCUT2D eigenvalue weighted by molar-refractivity contribution is 7.38. The topological polar surface area (TPSA) is 0 Å². The van der Waals surface area contributed by atoms with Gasteiger partial charge in [-0.15, -0.1) is 8.58 Å². The highest BCUT2D eigenvalue weighted by Crippen LogP contribution is 2.32. The second-order valence-corrected chi connectivity index (χ2v) is 6.43. The fourth-order valence-electron chi connectivity index (χ4n) is 2.34. The standard InChI is InChI=1S/C13H27P/c1-2-3-4-9-12-14-13-10-7-5-6-8-11-13/h13-14H,2-12H2,1H3. The number of hydrogen-bond acceptors (Lipinski definition) is 0. The van der Waals surface area contributed by atoms with E-state index in [0.29, 0.717) is 0 Å². The van der Waals surface area contributed by atoms with Crippen LogP contribution >= 0.6 is 8.58 Å². The molecular formula is C13H27P. The lowest BCUT2D eigenvalue weighted by molar-refractivity contribution is 0.692. The van der Waals surface area contributed by atoms with Crippen LogP contribution in [-0.4, -0.2) is 11.8 Å². The molecule has 0 spiro atoms. The van der Waals surface area contributed by atoms with Crippen molar-refractivity contribution in [1.29, 1.82) is 0 Å². The van der Waals surface area contributed by atoms with Gasteiger partial charge in [-0.05, 0) is 31.1 Å². The van der Waals surface area contributed by atoms with Crippen LogP contribution in [0.3, 0.4) is 0 Å². The van der Waals surface area contributed by atoms with Gasteiger partial charge >= 0.3 is 0 Å². The van der Waals surface area contributed by atoms with Gasteiger partial charge in [-0.3, -0.25) is 0 Å². The summed E-state index contributed by atoms with van der Waals surface area (Å²) in [5.74, 6) is 0. The molecule has 14 heavy (non-hydrogen) atoms. The molecule has 0 amide bonds. The maximum atomic E-state index is 2.30. The summed E-state index contributed by atoms with van der Waals surface area (Å²) >= 11 is 0. The van der Waals surface area contributed by atoms with Crippen molar-refractivity contribution in [1.82, 2.24) is 0 Å². The lowest BCUT2D eigenvalue weighted by atomic mass is 10.2. The van der Waals surface area contributed by atoms with Gasteiger partial charge in [-0.1, -0.05) is 51.9 Å². The van der Waals surface area contributed by atoms with Crippen LogP contribution < -0.4 is 0 Å². The largest absolute Gasteiger partial charge is 0.119 e. The number of hydrogen-bond donors (Lipinski definition) is 0. The molecule has 1 fully saturated rings. The molecule has 84 valence electrons. The van der Waals surface area contributed by atoms with Crippen LogP contribution in [0.25, 0.3) is 0 Å². The molecule has 0 aromatic heterocycles. The zero-order valence-corrected chi connectivity index (χ0v) is 10.9. The summed E-state index contributed by atoms with van der Waals surface area (Å²) in [6.45, 7) is 2.30. The predicted octanol–water partition coefficient (Wildman–Crippen LogP) is 4.97. The van der Waals surface area contributed by atoms with E-state index >= 15 is 0 Å². The van der Waals surface area contributed by atoms with Crippen molar-refractivity contribution in [2.75, 3.05) is 6.16 Å². The first-order valence-electron chi connectivity index (χ1n) is 6.67. The van der Waals surface area contributed by atoms with Crippen molar-refractivity contribution < 1.29 is 0 Å². The third kappa shape index (κ3) is 6.02. The Morgan fingerprint density at radius 3 is 2.29 bits per heavy atom.